The SMILES string of the molecule is CCCCOc1ccc(NC(=O)C2(c3ccc(C)cc3)CCOCC2)c(C#N)c1. The third-order valence-corrected chi connectivity index (χ3v) is 5.51. The number of ether oxygens (including phenoxy) is 2. The second kappa shape index (κ2) is 9.58. The van der Waals surface area contributed by atoms with Crippen molar-refractivity contribution in [1.29, 1.82) is 5.26 Å². The molecule has 2 aromatic carbocycles. The van der Waals surface area contributed by atoms with Crippen molar-refractivity contribution < 1.29 is 14.3 Å². The zero-order valence-corrected chi connectivity index (χ0v) is 17.2. The number of aryl methyl sites for hydroxylation is 1. The fraction of sp³-hybridized carbons (Fsp3) is 0.417. The van der Waals surface area contributed by atoms with Gasteiger partial charge in [0.2, 0.25) is 5.91 Å². The molecule has 1 N–H and O–H groups in total. The van der Waals surface area contributed by atoms with Crippen LogP contribution in [0.15, 0.2) is 42.5 Å². The number of amides is 1. The Morgan fingerprint density at radius 2 is 1.93 bits per heavy atom. The predicted octanol–water partition coefficient (Wildman–Crippen LogP) is 4.73. The lowest BCUT2D eigenvalue weighted by Crippen LogP contribution is -2.45. The number of hydrogen-bond donors (Lipinski definition) is 1. The van der Waals surface area contributed by atoms with Crippen LogP contribution in [0.3, 0.4) is 0 Å². The van der Waals surface area contributed by atoms with E-state index in [4.69, 9.17) is 9.47 Å². The zero-order valence-electron chi connectivity index (χ0n) is 17.2. The highest BCUT2D eigenvalue weighted by Gasteiger charge is 2.41. The number of nitrogens with zero attached hydrogens (tertiary/aromatic N) is 1. The van der Waals surface area contributed by atoms with E-state index < -0.39 is 5.41 Å². The summed E-state index contributed by atoms with van der Waals surface area (Å²) in [7, 11) is 0. The highest BCUT2D eigenvalue weighted by Crippen LogP contribution is 2.37. The van der Waals surface area contributed by atoms with Crippen molar-refractivity contribution in [3.8, 4) is 11.8 Å². The number of carbonyl (C=O) groups is 1. The zero-order chi connectivity index (χ0) is 20.7. The van der Waals surface area contributed by atoms with Gasteiger partial charge >= 0.3 is 0 Å². The van der Waals surface area contributed by atoms with Gasteiger partial charge in [-0.3, -0.25) is 4.79 Å². The molecule has 0 aliphatic carbocycles. The molecule has 2 aromatic rings. The molecule has 3 rings (SSSR count). The van der Waals surface area contributed by atoms with Crippen molar-refractivity contribution in [3.05, 3.63) is 59.2 Å². The topological polar surface area (TPSA) is 71.3 Å². The monoisotopic (exact) mass is 392 g/mol. The lowest BCUT2D eigenvalue weighted by molar-refractivity contribution is -0.125. The van der Waals surface area contributed by atoms with E-state index in [0.717, 1.165) is 24.0 Å². The Balaban J connectivity index is 1.84. The van der Waals surface area contributed by atoms with E-state index in [-0.39, 0.29) is 5.91 Å². The van der Waals surface area contributed by atoms with Gasteiger partial charge in [0, 0.05) is 13.2 Å². The second-order valence-corrected chi connectivity index (χ2v) is 7.54. The molecule has 1 fully saturated rings. The fourth-order valence-corrected chi connectivity index (χ4v) is 3.63. The normalized spacial score (nSPS) is 15.3. The molecule has 5 heteroatoms. The van der Waals surface area contributed by atoms with Gasteiger partial charge in [-0.2, -0.15) is 5.26 Å². The molecular formula is C24H28N2O3. The minimum absolute atomic E-state index is 0.0965. The van der Waals surface area contributed by atoms with Crippen LogP contribution >= 0.6 is 0 Å². The van der Waals surface area contributed by atoms with Crippen LogP contribution in [-0.4, -0.2) is 25.7 Å². The van der Waals surface area contributed by atoms with Gasteiger partial charge in [0.05, 0.1) is 23.3 Å². The highest BCUT2D eigenvalue weighted by molar-refractivity contribution is 6.00. The van der Waals surface area contributed by atoms with Crippen molar-refractivity contribution in [2.45, 2.75) is 44.9 Å². The largest absolute Gasteiger partial charge is 0.494 e. The number of unbranched alkanes of at least 4 members (excludes halogenated alkanes) is 1. The molecule has 1 heterocycles. The molecule has 0 atom stereocenters. The van der Waals surface area contributed by atoms with Gasteiger partial charge in [-0.15, -0.1) is 0 Å². The van der Waals surface area contributed by atoms with E-state index in [0.29, 0.717) is 49.7 Å². The molecule has 1 aliphatic rings. The molecule has 0 unspecified atom stereocenters. The van der Waals surface area contributed by atoms with Gasteiger partial charge in [-0.05, 0) is 49.9 Å². The van der Waals surface area contributed by atoms with Crippen LogP contribution in [0.25, 0.3) is 0 Å². The first-order valence-electron chi connectivity index (χ1n) is 10.2. The number of nitriles is 1. The Labute approximate surface area is 172 Å². The maximum absolute atomic E-state index is 13.4. The average Bonchev–Trinajstić information content (AvgIpc) is 2.75. The molecule has 0 saturated carbocycles. The van der Waals surface area contributed by atoms with E-state index >= 15 is 0 Å². The third kappa shape index (κ3) is 4.78. The smallest absolute Gasteiger partial charge is 0.235 e. The number of benzene rings is 2. The quantitative estimate of drug-likeness (QED) is 0.691. The first kappa shape index (κ1) is 20.9. The number of carbonyl (C=O) groups excluding carboxylic acids is 1. The molecule has 1 amide bonds. The molecule has 0 spiro atoms. The van der Waals surface area contributed by atoms with Crippen LogP contribution in [0.5, 0.6) is 5.75 Å². The Hall–Kier alpha value is -2.84. The fourth-order valence-electron chi connectivity index (χ4n) is 3.63. The molecule has 0 radical (unpaired) electrons. The van der Waals surface area contributed by atoms with Crippen LogP contribution in [-0.2, 0) is 14.9 Å². The second-order valence-electron chi connectivity index (χ2n) is 7.54. The minimum atomic E-state index is -0.658. The molecule has 5 nitrogen and oxygen atoms in total. The van der Waals surface area contributed by atoms with Gasteiger partial charge in [0.25, 0.3) is 0 Å². The highest BCUT2D eigenvalue weighted by atomic mass is 16.5. The lowest BCUT2D eigenvalue weighted by atomic mass is 9.73. The van der Waals surface area contributed by atoms with Crippen molar-refractivity contribution >= 4 is 11.6 Å². The summed E-state index contributed by atoms with van der Waals surface area (Å²) in [6.45, 7) is 5.82. The van der Waals surface area contributed by atoms with Gasteiger partial charge < -0.3 is 14.8 Å². The van der Waals surface area contributed by atoms with E-state index in [2.05, 4.69) is 18.3 Å². The molecular weight excluding hydrogens is 364 g/mol. The Morgan fingerprint density at radius 3 is 2.59 bits per heavy atom. The minimum Gasteiger partial charge on any atom is -0.494 e. The standard InChI is InChI=1S/C24H28N2O3/c1-3-4-13-29-21-9-10-22(19(16-21)17-25)26-23(27)24(11-14-28-15-12-24)20-7-5-18(2)6-8-20/h5-10,16H,3-4,11-15H2,1-2H3,(H,26,27). The van der Waals surface area contributed by atoms with Crippen LogP contribution in [0.2, 0.25) is 0 Å². The van der Waals surface area contributed by atoms with Crippen LogP contribution in [0, 0.1) is 18.3 Å². The van der Waals surface area contributed by atoms with Crippen molar-refractivity contribution in [1.82, 2.24) is 0 Å². The average molecular weight is 392 g/mol. The molecule has 1 saturated heterocycles. The summed E-state index contributed by atoms with van der Waals surface area (Å²) in [4.78, 5) is 13.4. The lowest BCUT2D eigenvalue weighted by Gasteiger charge is -2.36. The van der Waals surface area contributed by atoms with Gasteiger partial charge in [-0.1, -0.05) is 43.2 Å². The van der Waals surface area contributed by atoms with Crippen LogP contribution < -0.4 is 10.1 Å². The van der Waals surface area contributed by atoms with Crippen molar-refractivity contribution in [3.63, 3.8) is 0 Å². The number of hydrogen-bond acceptors (Lipinski definition) is 4. The van der Waals surface area contributed by atoms with Gasteiger partial charge in [0.1, 0.15) is 11.8 Å². The Morgan fingerprint density at radius 1 is 1.21 bits per heavy atom. The first-order valence-corrected chi connectivity index (χ1v) is 10.2. The third-order valence-electron chi connectivity index (χ3n) is 5.51. The molecule has 152 valence electrons. The molecule has 29 heavy (non-hydrogen) atoms. The summed E-state index contributed by atoms with van der Waals surface area (Å²) < 4.78 is 11.2. The molecule has 0 aromatic heterocycles. The van der Waals surface area contributed by atoms with Gasteiger partial charge in [0.15, 0.2) is 0 Å². The summed E-state index contributed by atoms with van der Waals surface area (Å²) in [5.74, 6) is 0.549. The molecule has 0 bridgehead atoms. The van der Waals surface area contributed by atoms with E-state index in [1.165, 1.54) is 0 Å². The van der Waals surface area contributed by atoms with Crippen LogP contribution in [0.1, 0.15) is 49.3 Å². The predicted molar refractivity (Wildman–Crippen MR) is 113 cm³/mol. The number of nitrogens with one attached hydrogen (secondary N) is 1. The number of rotatable bonds is 7. The van der Waals surface area contributed by atoms with Crippen molar-refractivity contribution in [2.24, 2.45) is 0 Å². The van der Waals surface area contributed by atoms with E-state index in [9.17, 15) is 10.1 Å². The Bertz CT molecular complexity index is 878. The summed E-state index contributed by atoms with van der Waals surface area (Å²) >= 11 is 0. The maximum Gasteiger partial charge on any atom is 0.235 e. The summed E-state index contributed by atoms with van der Waals surface area (Å²) in [5, 5.41) is 12.6. The van der Waals surface area contributed by atoms with Gasteiger partial charge in [-0.25, -0.2) is 0 Å². The maximum atomic E-state index is 13.4. The number of anilines is 1. The van der Waals surface area contributed by atoms with Crippen LogP contribution in [0.4, 0.5) is 5.69 Å². The van der Waals surface area contributed by atoms with E-state index in [1.54, 1.807) is 18.2 Å². The Kier molecular flexibility index (Phi) is 6.90. The van der Waals surface area contributed by atoms with Crippen molar-refractivity contribution in [2.75, 3.05) is 25.1 Å². The molecule has 1 aliphatic heterocycles. The van der Waals surface area contributed by atoms with E-state index in [1.807, 2.05) is 31.2 Å². The summed E-state index contributed by atoms with van der Waals surface area (Å²) in [6.07, 6.45) is 3.23. The first-order chi connectivity index (χ1) is 14.1. The summed E-state index contributed by atoms with van der Waals surface area (Å²) in [6, 6.07) is 15.5. The summed E-state index contributed by atoms with van der Waals surface area (Å²) in [5.41, 5.74) is 2.40.